The van der Waals surface area contributed by atoms with Gasteiger partial charge in [0, 0.05) is 17.4 Å². The van der Waals surface area contributed by atoms with Gasteiger partial charge in [0.2, 0.25) is 5.91 Å². The second-order valence-electron chi connectivity index (χ2n) is 6.48. The lowest BCUT2D eigenvalue weighted by molar-refractivity contribution is -0.153. The predicted molar refractivity (Wildman–Crippen MR) is 97.4 cm³/mol. The van der Waals surface area contributed by atoms with E-state index in [0.29, 0.717) is 16.3 Å². The summed E-state index contributed by atoms with van der Waals surface area (Å²) < 4.78 is 10.4. The van der Waals surface area contributed by atoms with E-state index in [1.807, 2.05) is 0 Å². The number of amides is 1. The van der Waals surface area contributed by atoms with Crippen LogP contribution in [-0.4, -0.2) is 31.2 Å². The number of esters is 2. The minimum atomic E-state index is -1.05. The van der Waals surface area contributed by atoms with Crippen LogP contribution in [0, 0.1) is 5.92 Å². The lowest BCUT2D eigenvalue weighted by Gasteiger charge is -2.44. The standard InChI is InChI=1S/C20H16ClNO5/c1-26-20(25)17-14(11-5-4-6-12(21)9-11)10-16-22(18(17)23)15-8-3-2-7-13(15)19(24)27-16/h2-9,14,16-17H,10H2,1H3/t14-,16+,17-/m1/s1. The van der Waals surface area contributed by atoms with E-state index < -0.39 is 35.9 Å². The molecule has 0 unspecified atom stereocenters. The number of rotatable bonds is 2. The number of piperidine rings is 1. The fourth-order valence-electron chi connectivity index (χ4n) is 3.80. The average Bonchev–Trinajstić information content (AvgIpc) is 2.67. The minimum absolute atomic E-state index is 0.270. The Balaban J connectivity index is 1.81. The topological polar surface area (TPSA) is 72.9 Å². The van der Waals surface area contributed by atoms with Crippen molar-refractivity contribution in [1.29, 1.82) is 0 Å². The number of anilines is 1. The maximum Gasteiger partial charge on any atom is 0.342 e. The number of hydrogen-bond acceptors (Lipinski definition) is 5. The number of nitrogens with zero attached hydrogens (tertiary/aromatic N) is 1. The van der Waals surface area contributed by atoms with Gasteiger partial charge < -0.3 is 9.47 Å². The maximum atomic E-state index is 13.3. The van der Waals surface area contributed by atoms with E-state index in [-0.39, 0.29) is 6.42 Å². The van der Waals surface area contributed by atoms with Gasteiger partial charge in [-0.1, -0.05) is 35.9 Å². The molecule has 0 saturated carbocycles. The van der Waals surface area contributed by atoms with Crippen LogP contribution in [0.2, 0.25) is 5.02 Å². The van der Waals surface area contributed by atoms with Crippen molar-refractivity contribution in [3.05, 3.63) is 64.7 Å². The van der Waals surface area contributed by atoms with Crippen LogP contribution in [0.5, 0.6) is 0 Å². The zero-order chi connectivity index (χ0) is 19.1. The first-order valence-electron chi connectivity index (χ1n) is 8.47. The molecule has 2 aromatic rings. The monoisotopic (exact) mass is 385 g/mol. The number of carbonyl (C=O) groups excluding carboxylic acids is 3. The molecule has 2 heterocycles. The molecule has 0 bridgehead atoms. The molecule has 27 heavy (non-hydrogen) atoms. The Morgan fingerprint density at radius 2 is 1.96 bits per heavy atom. The molecule has 2 aliphatic rings. The maximum absolute atomic E-state index is 13.3. The summed E-state index contributed by atoms with van der Waals surface area (Å²) in [5, 5.41) is 0.497. The van der Waals surface area contributed by atoms with Crippen LogP contribution < -0.4 is 4.90 Å². The number of para-hydroxylation sites is 1. The van der Waals surface area contributed by atoms with Crippen molar-refractivity contribution < 1.29 is 23.9 Å². The van der Waals surface area contributed by atoms with E-state index in [2.05, 4.69) is 0 Å². The van der Waals surface area contributed by atoms with Gasteiger partial charge in [0.15, 0.2) is 6.23 Å². The Morgan fingerprint density at radius 3 is 2.70 bits per heavy atom. The van der Waals surface area contributed by atoms with Crippen molar-refractivity contribution in [2.75, 3.05) is 12.0 Å². The average molecular weight is 386 g/mol. The third-order valence-electron chi connectivity index (χ3n) is 5.01. The van der Waals surface area contributed by atoms with Crippen LogP contribution in [0.25, 0.3) is 0 Å². The van der Waals surface area contributed by atoms with E-state index in [0.717, 1.165) is 5.56 Å². The molecule has 138 valence electrons. The van der Waals surface area contributed by atoms with Crippen LogP contribution in [0.15, 0.2) is 48.5 Å². The summed E-state index contributed by atoms with van der Waals surface area (Å²) in [4.78, 5) is 39.5. The van der Waals surface area contributed by atoms with Crippen molar-refractivity contribution >= 4 is 35.1 Å². The lowest BCUT2D eigenvalue weighted by atomic mass is 9.78. The van der Waals surface area contributed by atoms with Crippen LogP contribution in [0.1, 0.15) is 28.3 Å². The summed E-state index contributed by atoms with van der Waals surface area (Å²) >= 11 is 6.09. The van der Waals surface area contributed by atoms with Gasteiger partial charge in [-0.05, 0) is 29.8 Å². The third kappa shape index (κ3) is 2.86. The van der Waals surface area contributed by atoms with Gasteiger partial charge in [-0.15, -0.1) is 0 Å². The number of hydrogen-bond donors (Lipinski definition) is 0. The summed E-state index contributed by atoms with van der Waals surface area (Å²) in [5.41, 5.74) is 1.47. The Hall–Kier alpha value is -2.86. The zero-order valence-corrected chi connectivity index (χ0v) is 15.2. The predicted octanol–water partition coefficient (Wildman–Crippen LogP) is 3.15. The molecule has 1 fully saturated rings. The molecular weight excluding hydrogens is 370 g/mol. The summed E-state index contributed by atoms with van der Waals surface area (Å²) in [7, 11) is 1.25. The highest BCUT2D eigenvalue weighted by atomic mass is 35.5. The molecular formula is C20H16ClNO5. The number of halogens is 1. The number of fused-ring (bicyclic) bond motifs is 3. The fourth-order valence-corrected chi connectivity index (χ4v) is 4.00. The lowest BCUT2D eigenvalue weighted by Crippen LogP contribution is -2.57. The first-order valence-corrected chi connectivity index (χ1v) is 8.85. The van der Waals surface area contributed by atoms with Gasteiger partial charge in [0.05, 0.1) is 18.4 Å². The highest BCUT2D eigenvalue weighted by molar-refractivity contribution is 6.30. The van der Waals surface area contributed by atoms with Gasteiger partial charge in [-0.25, -0.2) is 4.79 Å². The molecule has 0 aromatic heterocycles. The SMILES string of the molecule is COC(=O)[C@H]1C(=O)N2c3ccccc3C(=O)O[C@H]2C[C@@H]1c1cccc(Cl)c1. The molecule has 0 radical (unpaired) electrons. The molecule has 0 spiro atoms. The quantitative estimate of drug-likeness (QED) is 0.586. The number of benzene rings is 2. The van der Waals surface area contributed by atoms with E-state index in [4.69, 9.17) is 21.1 Å². The number of carbonyl (C=O) groups is 3. The van der Waals surface area contributed by atoms with Crippen LogP contribution in [0.4, 0.5) is 5.69 Å². The highest BCUT2D eigenvalue weighted by Gasteiger charge is 2.51. The van der Waals surface area contributed by atoms with Crippen LogP contribution in [0.3, 0.4) is 0 Å². The molecule has 7 heteroatoms. The second-order valence-corrected chi connectivity index (χ2v) is 6.92. The molecule has 4 rings (SSSR count). The molecule has 0 aliphatic carbocycles. The van der Waals surface area contributed by atoms with E-state index >= 15 is 0 Å². The van der Waals surface area contributed by atoms with E-state index in [1.165, 1.54) is 12.0 Å². The smallest absolute Gasteiger partial charge is 0.342 e. The summed E-state index contributed by atoms with van der Waals surface area (Å²) in [5.74, 6) is -3.13. The Kier molecular flexibility index (Phi) is 4.36. The zero-order valence-electron chi connectivity index (χ0n) is 14.4. The molecule has 2 aromatic carbocycles. The Labute approximate surface area is 160 Å². The van der Waals surface area contributed by atoms with Crippen molar-refractivity contribution in [2.24, 2.45) is 5.92 Å². The molecule has 3 atom stereocenters. The molecule has 6 nitrogen and oxygen atoms in total. The van der Waals surface area contributed by atoms with Gasteiger partial charge in [0.1, 0.15) is 5.92 Å². The van der Waals surface area contributed by atoms with E-state index in [1.54, 1.807) is 48.5 Å². The fraction of sp³-hybridized carbons (Fsp3) is 0.250. The molecule has 2 aliphatic heterocycles. The van der Waals surface area contributed by atoms with Crippen LogP contribution >= 0.6 is 11.6 Å². The third-order valence-corrected chi connectivity index (χ3v) is 5.24. The van der Waals surface area contributed by atoms with Crippen molar-refractivity contribution in [1.82, 2.24) is 0 Å². The highest BCUT2D eigenvalue weighted by Crippen LogP contribution is 2.43. The first-order chi connectivity index (χ1) is 13.0. The largest absolute Gasteiger partial charge is 0.468 e. The normalized spacial score (nSPS) is 23.9. The summed E-state index contributed by atoms with van der Waals surface area (Å²) in [6.45, 7) is 0. The Morgan fingerprint density at radius 1 is 1.19 bits per heavy atom. The first kappa shape index (κ1) is 17.5. The van der Waals surface area contributed by atoms with Crippen molar-refractivity contribution in [3.63, 3.8) is 0 Å². The molecule has 1 amide bonds. The minimum Gasteiger partial charge on any atom is -0.468 e. The van der Waals surface area contributed by atoms with Gasteiger partial charge in [-0.3, -0.25) is 14.5 Å². The number of ether oxygens (including phenoxy) is 2. The van der Waals surface area contributed by atoms with E-state index in [9.17, 15) is 14.4 Å². The van der Waals surface area contributed by atoms with Gasteiger partial charge >= 0.3 is 11.9 Å². The van der Waals surface area contributed by atoms with Crippen LogP contribution in [-0.2, 0) is 19.1 Å². The Bertz CT molecular complexity index is 943. The molecule has 0 N–H and O–H groups in total. The summed E-state index contributed by atoms with van der Waals surface area (Å²) in [6.07, 6.45) is -0.517. The van der Waals surface area contributed by atoms with Crippen molar-refractivity contribution in [2.45, 2.75) is 18.6 Å². The van der Waals surface area contributed by atoms with Crippen molar-refractivity contribution in [3.8, 4) is 0 Å². The summed E-state index contributed by atoms with van der Waals surface area (Å²) in [6, 6.07) is 13.7. The molecule has 1 saturated heterocycles. The van der Waals surface area contributed by atoms with Gasteiger partial charge in [0.25, 0.3) is 0 Å². The second kappa shape index (κ2) is 6.70. The number of methoxy groups -OCH3 is 1. The van der Waals surface area contributed by atoms with Gasteiger partial charge in [-0.2, -0.15) is 0 Å².